The van der Waals surface area contributed by atoms with Crippen molar-refractivity contribution in [2.45, 2.75) is 32.1 Å². The molecule has 2 amide bonds. The standard InChI is InChI=1S/C26H23NO2/c1-18-13-14-22(15-19(18)2)27-23(28)16-25(24(27)29)17-26(25,20-9-5-3-6-10-20)21-11-7-4-8-12-21/h3-15H,16-17H2,1-2H3/t25-/m1/s1. The van der Waals surface area contributed by atoms with E-state index >= 15 is 0 Å². The van der Waals surface area contributed by atoms with Crippen LogP contribution in [0.25, 0.3) is 0 Å². The van der Waals surface area contributed by atoms with Gasteiger partial charge in [0.1, 0.15) is 0 Å². The van der Waals surface area contributed by atoms with E-state index < -0.39 is 10.8 Å². The summed E-state index contributed by atoms with van der Waals surface area (Å²) in [6.45, 7) is 4.04. The summed E-state index contributed by atoms with van der Waals surface area (Å²) in [6, 6.07) is 26.1. The normalized spacial score (nSPS) is 22.3. The molecule has 3 heteroatoms. The Hall–Kier alpha value is -3.20. The Bertz CT molecular complexity index is 1080. The Labute approximate surface area is 171 Å². The largest absolute Gasteiger partial charge is 0.274 e. The molecule has 1 saturated heterocycles. The fraction of sp³-hybridized carbons (Fsp3) is 0.231. The number of aryl methyl sites for hydroxylation is 2. The molecule has 3 aromatic carbocycles. The lowest BCUT2D eigenvalue weighted by molar-refractivity contribution is -0.123. The van der Waals surface area contributed by atoms with E-state index in [-0.39, 0.29) is 18.2 Å². The first-order valence-electron chi connectivity index (χ1n) is 10.1. The third-order valence-electron chi connectivity index (χ3n) is 6.86. The van der Waals surface area contributed by atoms with E-state index in [1.165, 1.54) is 4.90 Å². The number of carbonyl (C=O) groups excluding carboxylic acids is 2. The highest BCUT2D eigenvalue weighted by Crippen LogP contribution is 2.72. The lowest BCUT2D eigenvalue weighted by atomic mass is 9.79. The van der Waals surface area contributed by atoms with E-state index in [9.17, 15) is 9.59 Å². The Morgan fingerprint density at radius 3 is 1.90 bits per heavy atom. The molecule has 1 heterocycles. The number of anilines is 1. The second-order valence-corrected chi connectivity index (χ2v) is 8.38. The monoisotopic (exact) mass is 381 g/mol. The van der Waals surface area contributed by atoms with Crippen LogP contribution in [0.1, 0.15) is 35.1 Å². The smallest absolute Gasteiger partial charge is 0.241 e. The lowest BCUT2D eigenvalue weighted by Gasteiger charge is -2.23. The molecule has 2 fully saturated rings. The summed E-state index contributed by atoms with van der Waals surface area (Å²) in [7, 11) is 0. The molecule has 144 valence electrons. The van der Waals surface area contributed by atoms with Gasteiger partial charge in [0.15, 0.2) is 0 Å². The van der Waals surface area contributed by atoms with Crippen LogP contribution in [0.15, 0.2) is 78.9 Å². The summed E-state index contributed by atoms with van der Waals surface area (Å²) in [5, 5.41) is 0. The number of benzene rings is 3. The highest BCUT2D eigenvalue weighted by molar-refractivity contribution is 6.25. The first-order valence-corrected chi connectivity index (χ1v) is 10.1. The maximum absolute atomic E-state index is 13.8. The van der Waals surface area contributed by atoms with Crippen molar-refractivity contribution in [1.82, 2.24) is 0 Å². The quantitative estimate of drug-likeness (QED) is 0.603. The second kappa shape index (κ2) is 6.15. The van der Waals surface area contributed by atoms with Crippen LogP contribution in [0, 0.1) is 19.3 Å². The topological polar surface area (TPSA) is 37.4 Å². The molecule has 1 spiro atoms. The average molecular weight is 381 g/mol. The van der Waals surface area contributed by atoms with Crippen LogP contribution in [0.3, 0.4) is 0 Å². The Morgan fingerprint density at radius 1 is 0.759 bits per heavy atom. The van der Waals surface area contributed by atoms with Gasteiger partial charge in [0.25, 0.3) is 0 Å². The second-order valence-electron chi connectivity index (χ2n) is 8.38. The Balaban J connectivity index is 1.63. The molecule has 0 N–H and O–H groups in total. The van der Waals surface area contributed by atoms with Crippen molar-refractivity contribution in [1.29, 1.82) is 0 Å². The number of imide groups is 1. The van der Waals surface area contributed by atoms with Crippen molar-refractivity contribution in [3.63, 3.8) is 0 Å². The summed E-state index contributed by atoms with van der Waals surface area (Å²) < 4.78 is 0. The molecule has 5 rings (SSSR count). The molecule has 1 aliphatic carbocycles. The van der Waals surface area contributed by atoms with Gasteiger partial charge in [-0.05, 0) is 54.7 Å². The van der Waals surface area contributed by atoms with E-state index in [4.69, 9.17) is 0 Å². The van der Waals surface area contributed by atoms with Crippen molar-refractivity contribution in [3.05, 3.63) is 101 Å². The predicted octanol–water partition coefficient (Wildman–Crippen LogP) is 4.94. The molecule has 29 heavy (non-hydrogen) atoms. The van der Waals surface area contributed by atoms with Gasteiger partial charge in [-0.25, -0.2) is 0 Å². The van der Waals surface area contributed by atoms with Crippen LogP contribution in [0.5, 0.6) is 0 Å². The highest BCUT2D eigenvalue weighted by atomic mass is 16.2. The van der Waals surface area contributed by atoms with Gasteiger partial charge in [0.2, 0.25) is 11.8 Å². The summed E-state index contributed by atoms with van der Waals surface area (Å²) in [5.41, 5.74) is 3.97. The fourth-order valence-electron chi connectivity index (χ4n) is 5.11. The fourth-order valence-corrected chi connectivity index (χ4v) is 5.11. The summed E-state index contributed by atoms with van der Waals surface area (Å²) >= 11 is 0. The zero-order valence-electron chi connectivity index (χ0n) is 16.7. The number of amides is 2. The molecule has 1 saturated carbocycles. The van der Waals surface area contributed by atoms with Crippen LogP contribution in [0.2, 0.25) is 0 Å². The first kappa shape index (κ1) is 17.9. The molecular formula is C26H23NO2. The van der Waals surface area contributed by atoms with E-state index in [1.54, 1.807) is 0 Å². The molecule has 3 nitrogen and oxygen atoms in total. The Kier molecular flexibility index (Phi) is 3.79. The van der Waals surface area contributed by atoms with Crippen LogP contribution in [-0.4, -0.2) is 11.8 Å². The molecule has 1 aliphatic heterocycles. The minimum Gasteiger partial charge on any atom is -0.274 e. The van der Waals surface area contributed by atoms with E-state index in [2.05, 4.69) is 24.3 Å². The molecule has 2 aliphatic rings. The van der Waals surface area contributed by atoms with Gasteiger partial charge < -0.3 is 0 Å². The minimum atomic E-state index is -0.703. The van der Waals surface area contributed by atoms with Crippen LogP contribution >= 0.6 is 0 Å². The third-order valence-corrected chi connectivity index (χ3v) is 6.86. The lowest BCUT2D eigenvalue weighted by Crippen LogP contribution is -2.33. The van der Waals surface area contributed by atoms with Crippen molar-refractivity contribution < 1.29 is 9.59 Å². The highest BCUT2D eigenvalue weighted by Gasteiger charge is 2.77. The number of hydrogen-bond donors (Lipinski definition) is 0. The van der Waals surface area contributed by atoms with Crippen LogP contribution in [0.4, 0.5) is 5.69 Å². The number of nitrogens with zero attached hydrogens (tertiary/aromatic N) is 1. The van der Waals surface area contributed by atoms with Crippen molar-refractivity contribution in [2.24, 2.45) is 5.41 Å². The molecule has 0 unspecified atom stereocenters. The zero-order valence-corrected chi connectivity index (χ0v) is 16.7. The predicted molar refractivity (Wildman–Crippen MR) is 114 cm³/mol. The average Bonchev–Trinajstić information content (AvgIpc) is 3.35. The van der Waals surface area contributed by atoms with Crippen molar-refractivity contribution >= 4 is 17.5 Å². The molecular weight excluding hydrogens is 358 g/mol. The first-order chi connectivity index (χ1) is 14.0. The van der Waals surface area contributed by atoms with Gasteiger partial charge in [-0.1, -0.05) is 66.7 Å². The minimum absolute atomic E-state index is 0.0709. The van der Waals surface area contributed by atoms with Gasteiger partial charge in [-0.3, -0.25) is 14.5 Å². The van der Waals surface area contributed by atoms with Gasteiger partial charge in [-0.2, -0.15) is 0 Å². The molecule has 0 radical (unpaired) electrons. The van der Waals surface area contributed by atoms with Gasteiger partial charge in [-0.15, -0.1) is 0 Å². The zero-order chi connectivity index (χ0) is 20.2. The SMILES string of the molecule is Cc1ccc(N2C(=O)C[C@@]3(CC3(c3ccccc3)c3ccccc3)C2=O)cc1C. The van der Waals surface area contributed by atoms with Crippen molar-refractivity contribution in [2.75, 3.05) is 4.90 Å². The van der Waals surface area contributed by atoms with E-state index in [0.29, 0.717) is 12.1 Å². The summed E-state index contributed by atoms with van der Waals surface area (Å²) in [6.07, 6.45) is 0.919. The number of rotatable bonds is 3. The van der Waals surface area contributed by atoms with Crippen LogP contribution in [-0.2, 0) is 15.0 Å². The van der Waals surface area contributed by atoms with E-state index in [1.807, 2.05) is 68.4 Å². The molecule has 1 atom stereocenters. The number of carbonyl (C=O) groups is 2. The maximum atomic E-state index is 13.8. The van der Waals surface area contributed by atoms with Gasteiger partial charge in [0, 0.05) is 11.8 Å². The van der Waals surface area contributed by atoms with E-state index in [0.717, 1.165) is 22.3 Å². The van der Waals surface area contributed by atoms with Crippen molar-refractivity contribution in [3.8, 4) is 0 Å². The molecule has 0 bridgehead atoms. The van der Waals surface area contributed by atoms with Gasteiger partial charge >= 0.3 is 0 Å². The Morgan fingerprint density at radius 2 is 1.34 bits per heavy atom. The number of hydrogen-bond acceptors (Lipinski definition) is 2. The maximum Gasteiger partial charge on any atom is 0.241 e. The van der Waals surface area contributed by atoms with Crippen LogP contribution < -0.4 is 4.90 Å². The molecule has 0 aromatic heterocycles. The summed E-state index contributed by atoms with van der Waals surface area (Å²) in [5.74, 6) is -0.176. The molecule has 3 aromatic rings. The van der Waals surface area contributed by atoms with Gasteiger partial charge in [0.05, 0.1) is 11.1 Å². The third kappa shape index (κ3) is 2.37. The summed E-state index contributed by atoms with van der Waals surface area (Å²) in [4.78, 5) is 28.3.